The molecule has 0 aliphatic carbocycles. The summed E-state index contributed by atoms with van der Waals surface area (Å²) in [7, 11) is 0. The van der Waals surface area contributed by atoms with E-state index in [1.165, 1.54) is 12.4 Å². The molecule has 1 atom stereocenters. The highest BCUT2D eigenvalue weighted by molar-refractivity contribution is 6.13. The first-order valence-electron chi connectivity index (χ1n) is 5.89. The second kappa shape index (κ2) is 8.79. The van der Waals surface area contributed by atoms with E-state index in [1.807, 2.05) is 0 Å². The minimum Gasteiger partial charge on any atom is -0.297 e. The SMILES string of the molecule is CC(CCN=CC=O)CC(C)(C)CN=CC=O. The lowest BCUT2D eigenvalue weighted by atomic mass is 9.82. The molecule has 0 aromatic heterocycles. The van der Waals surface area contributed by atoms with Gasteiger partial charge in [0, 0.05) is 13.1 Å². The highest BCUT2D eigenvalue weighted by Crippen LogP contribution is 2.27. The highest BCUT2D eigenvalue weighted by atomic mass is 16.1. The van der Waals surface area contributed by atoms with E-state index in [0.29, 0.717) is 31.6 Å². The smallest absolute Gasteiger partial charge is 0.160 e. The van der Waals surface area contributed by atoms with Crippen molar-refractivity contribution < 1.29 is 9.59 Å². The largest absolute Gasteiger partial charge is 0.297 e. The van der Waals surface area contributed by atoms with Crippen LogP contribution in [0.3, 0.4) is 0 Å². The van der Waals surface area contributed by atoms with Gasteiger partial charge in [-0.15, -0.1) is 0 Å². The predicted molar refractivity (Wildman–Crippen MR) is 71.0 cm³/mol. The third-order valence-electron chi connectivity index (χ3n) is 2.50. The summed E-state index contributed by atoms with van der Waals surface area (Å²) in [6, 6.07) is 0. The van der Waals surface area contributed by atoms with Crippen LogP contribution in [0, 0.1) is 11.3 Å². The topological polar surface area (TPSA) is 58.9 Å². The number of rotatable bonds is 9. The van der Waals surface area contributed by atoms with E-state index in [-0.39, 0.29) is 5.41 Å². The summed E-state index contributed by atoms with van der Waals surface area (Å²) < 4.78 is 0. The Morgan fingerprint density at radius 3 is 2.29 bits per heavy atom. The molecule has 4 nitrogen and oxygen atoms in total. The van der Waals surface area contributed by atoms with E-state index in [9.17, 15) is 9.59 Å². The summed E-state index contributed by atoms with van der Waals surface area (Å²) in [5.74, 6) is 0.528. The van der Waals surface area contributed by atoms with Crippen molar-refractivity contribution in [3.05, 3.63) is 0 Å². The number of aliphatic imine (C=N–C) groups is 2. The second-order valence-corrected chi connectivity index (χ2v) is 5.08. The molecular weight excluding hydrogens is 216 g/mol. The number of hydrogen-bond donors (Lipinski definition) is 0. The van der Waals surface area contributed by atoms with Crippen LogP contribution in [0.1, 0.15) is 33.6 Å². The van der Waals surface area contributed by atoms with Crippen molar-refractivity contribution in [2.24, 2.45) is 21.3 Å². The van der Waals surface area contributed by atoms with Crippen LogP contribution < -0.4 is 0 Å². The Morgan fingerprint density at radius 2 is 1.71 bits per heavy atom. The third kappa shape index (κ3) is 9.60. The monoisotopic (exact) mass is 238 g/mol. The Bertz CT molecular complexity index is 283. The van der Waals surface area contributed by atoms with Crippen LogP contribution in [0.15, 0.2) is 9.98 Å². The number of carbonyl (C=O) groups is 2. The summed E-state index contributed by atoms with van der Waals surface area (Å²) in [5, 5.41) is 0. The molecule has 0 heterocycles. The quantitative estimate of drug-likeness (QED) is 0.455. The lowest BCUT2D eigenvalue weighted by Crippen LogP contribution is -2.20. The van der Waals surface area contributed by atoms with E-state index in [2.05, 4.69) is 30.8 Å². The molecule has 0 saturated carbocycles. The fourth-order valence-electron chi connectivity index (χ4n) is 1.87. The van der Waals surface area contributed by atoms with Gasteiger partial charge in [0.2, 0.25) is 0 Å². The zero-order chi connectivity index (χ0) is 13.1. The lowest BCUT2D eigenvalue weighted by Gasteiger charge is -2.25. The summed E-state index contributed by atoms with van der Waals surface area (Å²) in [5.41, 5.74) is 0.0906. The molecule has 0 aromatic rings. The molecule has 0 aliphatic heterocycles. The van der Waals surface area contributed by atoms with Crippen LogP contribution in [0.2, 0.25) is 0 Å². The molecular formula is C13H22N2O2. The first kappa shape index (κ1) is 15.7. The van der Waals surface area contributed by atoms with Gasteiger partial charge >= 0.3 is 0 Å². The summed E-state index contributed by atoms with van der Waals surface area (Å²) in [6.07, 6.45) is 5.99. The van der Waals surface area contributed by atoms with E-state index in [4.69, 9.17) is 0 Å². The molecule has 0 fully saturated rings. The minimum absolute atomic E-state index is 0.0906. The zero-order valence-electron chi connectivity index (χ0n) is 10.9. The van der Waals surface area contributed by atoms with Gasteiger partial charge in [-0.2, -0.15) is 0 Å². The lowest BCUT2D eigenvalue weighted by molar-refractivity contribution is -0.103. The van der Waals surface area contributed by atoms with Gasteiger partial charge in [0.15, 0.2) is 12.6 Å². The maximum Gasteiger partial charge on any atom is 0.160 e. The molecule has 0 N–H and O–H groups in total. The molecule has 96 valence electrons. The maximum atomic E-state index is 10.1. The van der Waals surface area contributed by atoms with Crippen LogP contribution in [-0.2, 0) is 9.59 Å². The van der Waals surface area contributed by atoms with Gasteiger partial charge in [-0.25, -0.2) is 0 Å². The van der Waals surface area contributed by atoms with Crippen molar-refractivity contribution >= 4 is 25.0 Å². The number of carbonyl (C=O) groups excluding carboxylic acids is 2. The van der Waals surface area contributed by atoms with Crippen molar-refractivity contribution in [3.63, 3.8) is 0 Å². The van der Waals surface area contributed by atoms with Crippen LogP contribution >= 0.6 is 0 Å². The van der Waals surface area contributed by atoms with E-state index in [1.54, 1.807) is 0 Å². The average Bonchev–Trinajstić information content (AvgIpc) is 2.24. The van der Waals surface area contributed by atoms with Crippen molar-refractivity contribution in [2.45, 2.75) is 33.6 Å². The minimum atomic E-state index is 0.0906. The van der Waals surface area contributed by atoms with Crippen molar-refractivity contribution in [1.29, 1.82) is 0 Å². The second-order valence-electron chi connectivity index (χ2n) is 5.08. The Hall–Kier alpha value is -1.32. The van der Waals surface area contributed by atoms with Gasteiger partial charge in [0.05, 0.1) is 12.4 Å². The average molecular weight is 238 g/mol. The Kier molecular flexibility index (Phi) is 8.11. The molecule has 1 unspecified atom stereocenters. The molecule has 0 saturated heterocycles. The molecule has 0 spiro atoms. The highest BCUT2D eigenvalue weighted by Gasteiger charge is 2.20. The number of nitrogens with zero attached hydrogens (tertiary/aromatic N) is 2. The first-order chi connectivity index (χ1) is 8.02. The van der Waals surface area contributed by atoms with Gasteiger partial charge in [0.1, 0.15) is 0 Å². The molecule has 0 radical (unpaired) electrons. The van der Waals surface area contributed by atoms with E-state index in [0.717, 1.165) is 12.8 Å². The molecule has 4 heteroatoms. The standard InChI is InChI=1S/C13H22N2O2/c1-12(4-5-14-6-8-16)10-13(2,3)11-15-7-9-17/h6-9,12H,4-5,10-11H2,1-3H3. The fraction of sp³-hybridized carbons (Fsp3) is 0.692. The summed E-state index contributed by atoms with van der Waals surface area (Å²) in [6.45, 7) is 7.80. The third-order valence-corrected chi connectivity index (χ3v) is 2.50. The summed E-state index contributed by atoms with van der Waals surface area (Å²) in [4.78, 5) is 28.2. The number of hydrogen-bond acceptors (Lipinski definition) is 4. The van der Waals surface area contributed by atoms with Gasteiger partial charge in [-0.1, -0.05) is 20.8 Å². The van der Waals surface area contributed by atoms with Crippen LogP contribution in [0.5, 0.6) is 0 Å². The number of aldehydes is 2. The summed E-state index contributed by atoms with van der Waals surface area (Å²) >= 11 is 0. The molecule has 0 bridgehead atoms. The molecule has 0 aromatic carbocycles. The molecule has 0 rings (SSSR count). The van der Waals surface area contributed by atoms with Crippen molar-refractivity contribution in [3.8, 4) is 0 Å². The fourth-order valence-corrected chi connectivity index (χ4v) is 1.87. The van der Waals surface area contributed by atoms with Gasteiger partial charge < -0.3 is 0 Å². The Morgan fingerprint density at radius 1 is 1.12 bits per heavy atom. The van der Waals surface area contributed by atoms with Gasteiger partial charge in [0.25, 0.3) is 0 Å². The molecule has 0 amide bonds. The Balaban J connectivity index is 3.94. The normalized spacial score (nSPS) is 14.3. The van der Waals surface area contributed by atoms with Crippen molar-refractivity contribution in [1.82, 2.24) is 0 Å². The molecule has 17 heavy (non-hydrogen) atoms. The van der Waals surface area contributed by atoms with Gasteiger partial charge in [-0.3, -0.25) is 19.6 Å². The van der Waals surface area contributed by atoms with E-state index < -0.39 is 0 Å². The maximum absolute atomic E-state index is 10.1. The Labute approximate surface area is 103 Å². The van der Waals surface area contributed by atoms with E-state index >= 15 is 0 Å². The van der Waals surface area contributed by atoms with Crippen LogP contribution in [0.25, 0.3) is 0 Å². The van der Waals surface area contributed by atoms with Crippen LogP contribution in [0.4, 0.5) is 0 Å². The van der Waals surface area contributed by atoms with Gasteiger partial charge in [-0.05, 0) is 24.2 Å². The zero-order valence-corrected chi connectivity index (χ0v) is 10.9. The molecule has 0 aliphatic rings. The van der Waals surface area contributed by atoms with Crippen LogP contribution in [-0.4, -0.2) is 38.1 Å². The van der Waals surface area contributed by atoms with Crippen molar-refractivity contribution in [2.75, 3.05) is 13.1 Å². The predicted octanol–water partition coefficient (Wildman–Crippen LogP) is 1.97. The first-order valence-corrected chi connectivity index (χ1v) is 5.89.